The van der Waals surface area contributed by atoms with Crippen LogP contribution in [-0.2, 0) is 23.5 Å². The lowest BCUT2D eigenvalue weighted by atomic mass is 9.92. The number of likely N-dealkylation sites (tertiary alicyclic amines) is 1. The second kappa shape index (κ2) is 8.66. The Morgan fingerprint density at radius 3 is 2.86 bits per heavy atom. The van der Waals surface area contributed by atoms with E-state index in [-0.39, 0.29) is 36.2 Å². The number of benzene rings is 1. The molecule has 182 valence electrons. The van der Waals surface area contributed by atoms with Gasteiger partial charge in [-0.15, -0.1) is 11.8 Å². The van der Waals surface area contributed by atoms with Crippen molar-refractivity contribution in [3.63, 3.8) is 0 Å². The van der Waals surface area contributed by atoms with Crippen LogP contribution in [0.2, 0.25) is 0 Å². The lowest BCUT2D eigenvalue weighted by Gasteiger charge is -2.37. The molecular formula is C24H25FN6O3S. The first-order valence-electron chi connectivity index (χ1n) is 11.7. The second-order valence-electron chi connectivity index (χ2n) is 9.42. The van der Waals surface area contributed by atoms with Crippen LogP contribution in [0.3, 0.4) is 0 Å². The quantitative estimate of drug-likeness (QED) is 0.487. The molecule has 1 aromatic carbocycles. The van der Waals surface area contributed by atoms with E-state index in [2.05, 4.69) is 25.5 Å². The van der Waals surface area contributed by atoms with E-state index in [0.717, 1.165) is 36.2 Å². The van der Waals surface area contributed by atoms with Crippen molar-refractivity contribution in [2.45, 2.75) is 42.5 Å². The predicted molar refractivity (Wildman–Crippen MR) is 130 cm³/mol. The summed E-state index contributed by atoms with van der Waals surface area (Å²) in [6.45, 7) is 2.29. The molecule has 3 aliphatic heterocycles. The Labute approximate surface area is 204 Å². The third-order valence-corrected chi connectivity index (χ3v) is 8.04. The van der Waals surface area contributed by atoms with Crippen molar-refractivity contribution < 1.29 is 14.3 Å². The zero-order valence-corrected chi connectivity index (χ0v) is 19.8. The van der Waals surface area contributed by atoms with Crippen LogP contribution >= 0.6 is 11.8 Å². The fraction of sp³-hybridized carbons (Fsp3) is 0.417. The number of rotatable bonds is 5. The van der Waals surface area contributed by atoms with Crippen molar-refractivity contribution in [1.29, 1.82) is 0 Å². The molecular weight excluding hydrogens is 471 g/mol. The molecule has 0 aliphatic carbocycles. The van der Waals surface area contributed by atoms with Crippen molar-refractivity contribution in [3.05, 3.63) is 58.0 Å². The number of anilines is 1. The SMILES string of the molecule is O=C1CSc2cnc(CNC3CCN(CC4(O)Cn5c(=O)ccc6ccc(F)c4c65)CC3)nc2N1. The van der Waals surface area contributed by atoms with E-state index in [1.54, 1.807) is 18.3 Å². The fourth-order valence-corrected chi connectivity index (χ4v) is 6.06. The lowest BCUT2D eigenvalue weighted by molar-refractivity contribution is -0.113. The highest BCUT2D eigenvalue weighted by Gasteiger charge is 2.42. The lowest BCUT2D eigenvalue weighted by Crippen LogP contribution is -2.48. The van der Waals surface area contributed by atoms with Gasteiger partial charge in [0.15, 0.2) is 0 Å². The molecule has 11 heteroatoms. The van der Waals surface area contributed by atoms with Gasteiger partial charge in [0.1, 0.15) is 23.1 Å². The van der Waals surface area contributed by atoms with Crippen LogP contribution in [0.15, 0.2) is 40.2 Å². The number of nitrogens with zero attached hydrogens (tertiary/aromatic N) is 4. The summed E-state index contributed by atoms with van der Waals surface area (Å²) < 4.78 is 16.3. The Kier molecular flexibility index (Phi) is 5.59. The van der Waals surface area contributed by atoms with Gasteiger partial charge in [0.05, 0.1) is 29.3 Å². The fourth-order valence-electron chi connectivity index (χ4n) is 5.34. The molecule has 1 atom stereocenters. The molecule has 1 amide bonds. The molecule has 1 saturated heterocycles. The third-order valence-electron chi connectivity index (χ3n) is 7.03. The average molecular weight is 497 g/mol. The summed E-state index contributed by atoms with van der Waals surface area (Å²) in [6, 6.07) is 6.41. The molecule has 0 bridgehead atoms. The Morgan fingerprint density at radius 1 is 1.23 bits per heavy atom. The maximum Gasteiger partial charge on any atom is 0.251 e. The Hall–Kier alpha value is -2.86. The Bertz CT molecular complexity index is 1390. The smallest absolute Gasteiger partial charge is 0.251 e. The number of piperidine rings is 1. The normalized spacial score (nSPS) is 22.4. The van der Waals surface area contributed by atoms with Gasteiger partial charge in [-0.3, -0.25) is 14.5 Å². The molecule has 0 radical (unpaired) electrons. The monoisotopic (exact) mass is 496 g/mol. The highest BCUT2D eigenvalue weighted by molar-refractivity contribution is 8.00. The van der Waals surface area contributed by atoms with E-state index in [1.165, 1.54) is 28.5 Å². The van der Waals surface area contributed by atoms with E-state index in [0.29, 0.717) is 29.5 Å². The van der Waals surface area contributed by atoms with Gasteiger partial charge in [-0.1, -0.05) is 0 Å². The zero-order chi connectivity index (χ0) is 24.2. The molecule has 1 fully saturated rings. The van der Waals surface area contributed by atoms with Crippen molar-refractivity contribution >= 4 is 34.4 Å². The standard InChI is InChI=1S/C24H25FN6O3S/c25-16-3-1-14-2-4-20(33)31-13-24(34,21(16)22(14)31)12-30-7-5-15(6-8-30)26-10-18-27-9-17-23(28-18)29-19(32)11-35-17/h1-4,9,15,26,34H,5-8,10-13H2,(H,27,28,29,32). The summed E-state index contributed by atoms with van der Waals surface area (Å²) in [7, 11) is 0. The summed E-state index contributed by atoms with van der Waals surface area (Å²) >= 11 is 1.43. The van der Waals surface area contributed by atoms with Crippen LogP contribution in [0.25, 0.3) is 10.9 Å². The number of thioether (sulfide) groups is 1. The summed E-state index contributed by atoms with van der Waals surface area (Å²) in [5.74, 6) is 1.04. The van der Waals surface area contributed by atoms with E-state index < -0.39 is 11.4 Å². The molecule has 5 heterocycles. The number of amides is 1. The number of β-amino-alcohol motifs (C(OH)–C–C–N with tert-alkyl or cyclic N) is 1. The predicted octanol–water partition coefficient (Wildman–Crippen LogP) is 1.43. The van der Waals surface area contributed by atoms with Crippen LogP contribution in [0.4, 0.5) is 10.2 Å². The van der Waals surface area contributed by atoms with E-state index in [4.69, 9.17) is 0 Å². The van der Waals surface area contributed by atoms with Gasteiger partial charge in [-0.05, 0) is 49.5 Å². The van der Waals surface area contributed by atoms with Gasteiger partial charge in [0.25, 0.3) is 5.56 Å². The number of aliphatic hydroxyl groups is 1. The Balaban J connectivity index is 1.09. The van der Waals surface area contributed by atoms with Gasteiger partial charge in [0.2, 0.25) is 5.91 Å². The summed E-state index contributed by atoms with van der Waals surface area (Å²) in [5.41, 5.74) is -0.957. The van der Waals surface area contributed by atoms with E-state index >= 15 is 0 Å². The number of carbonyl (C=O) groups excluding carboxylic acids is 1. The van der Waals surface area contributed by atoms with Crippen molar-refractivity contribution in [2.24, 2.45) is 0 Å². The number of carbonyl (C=O) groups is 1. The van der Waals surface area contributed by atoms with Crippen molar-refractivity contribution in [3.8, 4) is 0 Å². The van der Waals surface area contributed by atoms with Gasteiger partial charge in [0, 0.05) is 30.4 Å². The average Bonchev–Trinajstić information content (AvgIpc) is 3.17. The largest absolute Gasteiger partial charge is 0.382 e. The molecule has 0 spiro atoms. The van der Waals surface area contributed by atoms with E-state index in [9.17, 15) is 19.1 Å². The zero-order valence-electron chi connectivity index (χ0n) is 19.0. The van der Waals surface area contributed by atoms with Gasteiger partial charge in [-0.25, -0.2) is 14.4 Å². The number of hydrogen-bond donors (Lipinski definition) is 3. The number of pyridine rings is 1. The first-order valence-corrected chi connectivity index (χ1v) is 12.7. The van der Waals surface area contributed by atoms with Crippen LogP contribution in [0.5, 0.6) is 0 Å². The molecule has 0 saturated carbocycles. The van der Waals surface area contributed by atoms with Gasteiger partial charge < -0.3 is 20.3 Å². The molecule has 3 aliphatic rings. The first kappa shape index (κ1) is 22.6. The van der Waals surface area contributed by atoms with E-state index in [1.807, 2.05) is 0 Å². The highest BCUT2D eigenvalue weighted by atomic mass is 32.2. The number of halogens is 1. The molecule has 2 aromatic heterocycles. The first-order chi connectivity index (χ1) is 16.9. The molecule has 3 aromatic rings. The van der Waals surface area contributed by atoms with Crippen LogP contribution < -0.4 is 16.2 Å². The highest BCUT2D eigenvalue weighted by Crippen LogP contribution is 2.38. The molecule has 9 nitrogen and oxygen atoms in total. The maximum absolute atomic E-state index is 14.8. The van der Waals surface area contributed by atoms with Crippen LogP contribution in [0.1, 0.15) is 24.2 Å². The van der Waals surface area contributed by atoms with Crippen molar-refractivity contribution in [1.82, 2.24) is 24.8 Å². The minimum atomic E-state index is -1.45. The number of nitrogens with one attached hydrogen (secondary N) is 2. The Morgan fingerprint density at radius 2 is 2.03 bits per heavy atom. The van der Waals surface area contributed by atoms with Gasteiger partial charge in [-0.2, -0.15) is 0 Å². The number of aromatic nitrogens is 3. The topological polar surface area (TPSA) is 112 Å². The molecule has 3 N–H and O–H groups in total. The minimum Gasteiger partial charge on any atom is -0.382 e. The van der Waals surface area contributed by atoms with Crippen LogP contribution in [0, 0.1) is 5.82 Å². The van der Waals surface area contributed by atoms with Gasteiger partial charge >= 0.3 is 0 Å². The summed E-state index contributed by atoms with van der Waals surface area (Å²) in [5, 5.41) is 18.5. The number of hydrogen-bond acceptors (Lipinski definition) is 8. The summed E-state index contributed by atoms with van der Waals surface area (Å²) in [4.78, 5) is 35.9. The maximum atomic E-state index is 14.8. The molecule has 6 rings (SSSR count). The second-order valence-corrected chi connectivity index (χ2v) is 10.4. The summed E-state index contributed by atoms with van der Waals surface area (Å²) in [6.07, 6.45) is 3.46. The molecule has 35 heavy (non-hydrogen) atoms. The van der Waals surface area contributed by atoms with Crippen LogP contribution in [-0.4, -0.2) is 61.9 Å². The number of fused-ring (bicyclic) bond motifs is 1. The third kappa shape index (κ3) is 4.12. The molecule has 1 unspecified atom stereocenters. The minimum absolute atomic E-state index is 0.0551. The van der Waals surface area contributed by atoms with Crippen molar-refractivity contribution in [2.75, 3.05) is 30.7 Å².